The first kappa shape index (κ1) is 16.9. The Morgan fingerprint density at radius 1 is 1.16 bits per heavy atom. The minimum Gasteiger partial charge on any atom is -0.323 e. The minimum absolute atomic E-state index is 0.225. The van der Waals surface area contributed by atoms with Crippen molar-refractivity contribution in [3.8, 4) is 5.82 Å². The number of benzene rings is 1. The molecule has 25 heavy (non-hydrogen) atoms. The summed E-state index contributed by atoms with van der Waals surface area (Å²) < 4.78 is 2.72. The smallest absolute Gasteiger partial charge is 0.267 e. The molecule has 0 atom stereocenters. The first-order valence-electron chi connectivity index (χ1n) is 7.60. The Hall–Kier alpha value is -2.93. The van der Waals surface area contributed by atoms with Crippen molar-refractivity contribution in [2.24, 2.45) is 0 Å². The summed E-state index contributed by atoms with van der Waals surface area (Å²) in [7, 11) is 0. The summed E-state index contributed by atoms with van der Waals surface area (Å²) in [6, 6.07) is 11.7. The fourth-order valence-electron chi connectivity index (χ4n) is 2.41. The largest absolute Gasteiger partial charge is 0.323 e. The lowest BCUT2D eigenvalue weighted by Gasteiger charge is -2.09. The van der Waals surface area contributed by atoms with E-state index in [2.05, 4.69) is 15.5 Å². The highest BCUT2D eigenvalue weighted by atomic mass is 35.5. The Morgan fingerprint density at radius 2 is 1.92 bits per heavy atom. The average molecular weight is 358 g/mol. The van der Waals surface area contributed by atoms with Gasteiger partial charge in [0.25, 0.3) is 5.56 Å². The van der Waals surface area contributed by atoms with Crippen molar-refractivity contribution < 1.29 is 4.79 Å². The van der Waals surface area contributed by atoms with Crippen LogP contribution in [0.25, 0.3) is 5.82 Å². The lowest BCUT2D eigenvalue weighted by molar-refractivity contribution is -0.117. The van der Waals surface area contributed by atoms with E-state index in [1.807, 2.05) is 19.9 Å². The number of amides is 1. The molecule has 128 valence electrons. The number of nitrogens with one attached hydrogen (secondary N) is 1. The molecule has 0 spiro atoms. The maximum atomic E-state index is 12.2. The van der Waals surface area contributed by atoms with E-state index in [0.29, 0.717) is 16.5 Å². The molecule has 0 aliphatic carbocycles. The summed E-state index contributed by atoms with van der Waals surface area (Å²) in [6.45, 7) is 3.54. The van der Waals surface area contributed by atoms with Crippen molar-refractivity contribution >= 4 is 23.2 Å². The molecule has 0 fully saturated rings. The predicted octanol–water partition coefficient (Wildman–Crippen LogP) is 2.34. The second-order valence-corrected chi connectivity index (χ2v) is 5.96. The van der Waals surface area contributed by atoms with Crippen LogP contribution in [-0.2, 0) is 11.3 Å². The van der Waals surface area contributed by atoms with Crippen molar-refractivity contribution in [3.63, 3.8) is 0 Å². The maximum Gasteiger partial charge on any atom is 0.267 e. The quantitative estimate of drug-likeness (QED) is 0.777. The third-order valence-corrected chi connectivity index (χ3v) is 3.85. The number of carbonyl (C=O) groups is 1. The number of aromatic nitrogens is 4. The predicted molar refractivity (Wildman–Crippen MR) is 95.2 cm³/mol. The summed E-state index contributed by atoms with van der Waals surface area (Å²) >= 11 is 6.02. The normalized spacial score (nSPS) is 10.7. The molecule has 0 radical (unpaired) electrons. The average Bonchev–Trinajstić information content (AvgIpc) is 2.90. The number of anilines is 1. The summed E-state index contributed by atoms with van der Waals surface area (Å²) in [5.74, 6) is 0.0731. The van der Waals surface area contributed by atoms with Crippen LogP contribution in [0.15, 0.2) is 47.3 Å². The van der Waals surface area contributed by atoms with Gasteiger partial charge in [0.15, 0.2) is 5.82 Å². The summed E-state index contributed by atoms with van der Waals surface area (Å²) in [5, 5.41) is 11.7. The van der Waals surface area contributed by atoms with Crippen LogP contribution in [0.4, 0.5) is 5.69 Å². The van der Waals surface area contributed by atoms with Crippen molar-refractivity contribution in [1.29, 1.82) is 0 Å². The van der Waals surface area contributed by atoms with Gasteiger partial charge in [0.1, 0.15) is 6.54 Å². The highest BCUT2D eigenvalue weighted by Crippen LogP contribution is 2.20. The van der Waals surface area contributed by atoms with Gasteiger partial charge in [0.2, 0.25) is 5.91 Å². The van der Waals surface area contributed by atoms with E-state index in [0.717, 1.165) is 16.1 Å². The molecule has 0 saturated heterocycles. The van der Waals surface area contributed by atoms with E-state index in [1.54, 1.807) is 35.0 Å². The van der Waals surface area contributed by atoms with Crippen LogP contribution in [0.5, 0.6) is 0 Å². The molecule has 2 aromatic heterocycles. The molecule has 1 aromatic carbocycles. The van der Waals surface area contributed by atoms with Gasteiger partial charge >= 0.3 is 0 Å². The molecule has 8 heteroatoms. The highest BCUT2D eigenvalue weighted by Gasteiger charge is 2.11. The molecule has 1 N–H and O–H groups in total. The molecule has 7 nitrogen and oxygen atoms in total. The summed E-state index contributed by atoms with van der Waals surface area (Å²) in [6.07, 6.45) is 0. The van der Waals surface area contributed by atoms with Gasteiger partial charge in [0.05, 0.1) is 16.4 Å². The molecule has 1 amide bonds. The molecule has 0 unspecified atom stereocenters. The molecule has 0 bridgehead atoms. The topological polar surface area (TPSA) is 81.8 Å². The first-order chi connectivity index (χ1) is 11.9. The maximum absolute atomic E-state index is 12.2. The number of halogens is 1. The van der Waals surface area contributed by atoms with Crippen LogP contribution >= 0.6 is 11.6 Å². The van der Waals surface area contributed by atoms with Gasteiger partial charge in [-0.1, -0.05) is 23.7 Å². The lowest BCUT2D eigenvalue weighted by Crippen LogP contribution is -2.30. The third-order valence-electron chi connectivity index (χ3n) is 3.52. The SMILES string of the molecule is Cc1cc(C)n(-c2ccc(=O)n(CC(=O)Nc3ccccc3Cl)n2)n1. The van der Waals surface area contributed by atoms with Gasteiger partial charge < -0.3 is 5.32 Å². The Balaban J connectivity index is 1.84. The zero-order chi connectivity index (χ0) is 18.0. The Kier molecular flexibility index (Phi) is 4.67. The standard InChI is InChI=1S/C17H16ClN5O2/c1-11-9-12(2)23(20-11)15-7-8-17(25)22(21-15)10-16(24)19-14-6-4-3-5-13(14)18/h3-9H,10H2,1-2H3,(H,19,24). The second kappa shape index (κ2) is 6.90. The lowest BCUT2D eigenvalue weighted by atomic mass is 10.3. The van der Waals surface area contributed by atoms with Crippen molar-refractivity contribution in [2.75, 3.05) is 5.32 Å². The van der Waals surface area contributed by atoms with E-state index >= 15 is 0 Å². The molecule has 2 heterocycles. The molecule has 0 aliphatic rings. The first-order valence-corrected chi connectivity index (χ1v) is 7.98. The second-order valence-electron chi connectivity index (χ2n) is 5.55. The fourth-order valence-corrected chi connectivity index (χ4v) is 2.60. The number of aryl methyl sites for hydroxylation is 2. The summed E-state index contributed by atoms with van der Waals surface area (Å²) in [4.78, 5) is 24.2. The number of rotatable bonds is 4. The van der Waals surface area contributed by atoms with Crippen LogP contribution in [0.2, 0.25) is 5.02 Å². The van der Waals surface area contributed by atoms with Gasteiger partial charge in [0, 0.05) is 11.8 Å². The molecule has 3 rings (SSSR count). The van der Waals surface area contributed by atoms with Crippen LogP contribution in [0.3, 0.4) is 0 Å². The van der Waals surface area contributed by atoms with Crippen LogP contribution in [0, 0.1) is 13.8 Å². The summed E-state index contributed by atoms with van der Waals surface area (Å²) in [5.41, 5.74) is 1.83. The molecular weight excluding hydrogens is 342 g/mol. The molecular formula is C17H16ClN5O2. The van der Waals surface area contributed by atoms with Crippen molar-refractivity contribution in [1.82, 2.24) is 19.6 Å². The Bertz CT molecular complexity index is 993. The number of hydrogen-bond acceptors (Lipinski definition) is 4. The van der Waals surface area contributed by atoms with E-state index in [9.17, 15) is 9.59 Å². The van der Waals surface area contributed by atoms with E-state index in [-0.39, 0.29) is 12.1 Å². The molecule has 0 aliphatic heterocycles. The van der Waals surface area contributed by atoms with Gasteiger partial charge in [-0.05, 0) is 38.1 Å². The van der Waals surface area contributed by atoms with Gasteiger partial charge in [-0.2, -0.15) is 5.10 Å². The van der Waals surface area contributed by atoms with Crippen LogP contribution in [-0.4, -0.2) is 25.5 Å². The number of nitrogens with zero attached hydrogens (tertiary/aromatic N) is 4. The van der Waals surface area contributed by atoms with E-state index in [4.69, 9.17) is 11.6 Å². The van der Waals surface area contributed by atoms with Crippen molar-refractivity contribution in [3.05, 3.63) is 69.2 Å². The van der Waals surface area contributed by atoms with Gasteiger partial charge in [-0.15, -0.1) is 5.10 Å². The molecule has 0 saturated carbocycles. The van der Waals surface area contributed by atoms with Crippen molar-refractivity contribution in [2.45, 2.75) is 20.4 Å². The minimum atomic E-state index is -0.395. The zero-order valence-electron chi connectivity index (χ0n) is 13.7. The fraction of sp³-hybridized carbons (Fsp3) is 0.176. The number of hydrogen-bond donors (Lipinski definition) is 1. The third kappa shape index (κ3) is 3.77. The van der Waals surface area contributed by atoms with E-state index in [1.165, 1.54) is 6.07 Å². The van der Waals surface area contributed by atoms with Crippen LogP contribution in [0.1, 0.15) is 11.4 Å². The zero-order valence-corrected chi connectivity index (χ0v) is 14.5. The van der Waals surface area contributed by atoms with E-state index < -0.39 is 5.91 Å². The van der Waals surface area contributed by atoms with Crippen LogP contribution < -0.4 is 10.9 Å². The number of para-hydroxylation sites is 1. The monoisotopic (exact) mass is 357 g/mol. The molecule has 3 aromatic rings. The number of carbonyl (C=O) groups excluding carboxylic acids is 1. The Morgan fingerprint density at radius 3 is 2.60 bits per heavy atom. The van der Waals surface area contributed by atoms with Gasteiger partial charge in [-0.3, -0.25) is 9.59 Å². The van der Waals surface area contributed by atoms with Gasteiger partial charge in [-0.25, -0.2) is 9.36 Å². The highest BCUT2D eigenvalue weighted by molar-refractivity contribution is 6.33. The Labute approximate surface area is 148 Å².